The number of nitrogens with one attached hydrogen (secondary N) is 1. The van der Waals surface area contributed by atoms with Crippen LogP contribution in [0.5, 0.6) is 5.75 Å². The molecule has 0 aliphatic heterocycles. The number of halogens is 3. The lowest BCUT2D eigenvalue weighted by Crippen LogP contribution is -2.20. The minimum absolute atomic E-state index is 0.286. The summed E-state index contributed by atoms with van der Waals surface area (Å²) in [6.07, 6.45) is -1.34. The van der Waals surface area contributed by atoms with E-state index in [1.54, 1.807) is 19.3 Å². The molecule has 130 valence electrons. The monoisotopic (exact) mass is 349 g/mol. The number of amides is 1. The van der Waals surface area contributed by atoms with Gasteiger partial charge < -0.3 is 14.5 Å². The van der Waals surface area contributed by atoms with Gasteiger partial charge in [-0.2, -0.15) is 0 Å². The lowest BCUT2D eigenvalue weighted by atomic mass is 10.1. The van der Waals surface area contributed by atoms with Crippen LogP contribution in [0.4, 0.5) is 18.9 Å². The maximum atomic E-state index is 12.4. The molecule has 1 N–H and O–H groups in total. The largest absolute Gasteiger partial charge is 0.573 e. The second-order valence-electron chi connectivity index (χ2n) is 5.39. The van der Waals surface area contributed by atoms with Crippen LogP contribution in [0.3, 0.4) is 0 Å². The number of anilines is 1. The molecular weight excluding hydrogens is 335 g/mol. The number of hydrogen-bond donors (Lipinski definition) is 1. The van der Waals surface area contributed by atoms with Crippen molar-refractivity contribution in [2.45, 2.75) is 19.2 Å². The zero-order valence-corrected chi connectivity index (χ0v) is 13.1. The molecule has 0 spiro atoms. The molecule has 3 rings (SSSR count). The Morgan fingerprint density at radius 2 is 1.92 bits per heavy atom. The molecule has 1 aromatic carbocycles. The summed E-state index contributed by atoms with van der Waals surface area (Å²) < 4.78 is 42.0. The van der Waals surface area contributed by atoms with Gasteiger partial charge in [0.15, 0.2) is 0 Å². The van der Waals surface area contributed by atoms with Crippen molar-refractivity contribution in [1.29, 1.82) is 0 Å². The third kappa shape index (κ3) is 3.90. The van der Waals surface area contributed by atoms with Crippen LogP contribution in [0, 0.1) is 0 Å². The Bertz CT molecular complexity index is 888. The highest BCUT2D eigenvalue weighted by molar-refractivity contribution is 5.95. The summed E-state index contributed by atoms with van der Waals surface area (Å²) in [6.45, 7) is 1.74. The SMILES string of the molecule is CC(C(=O)Nc1ccc(OC(F)(F)F)cc1)c1cccc2nccn12. The van der Waals surface area contributed by atoms with Crippen LogP contribution in [0.1, 0.15) is 18.5 Å². The predicted octanol–water partition coefficient (Wildman–Crippen LogP) is 3.98. The molecule has 0 fully saturated rings. The average Bonchev–Trinajstić information content (AvgIpc) is 3.03. The molecule has 0 aliphatic carbocycles. The summed E-state index contributed by atoms with van der Waals surface area (Å²) in [5.41, 5.74) is 1.86. The average molecular weight is 349 g/mol. The van der Waals surface area contributed by atoms with Crippen molar-refractivity contribution in [3.63, 3.8) is 0 Å². The zero-order valence-electron chi connectivity index (χ0n) is 13.1. The molecule has 0 saturated heterocycles. The lowest BCUT2D eigenvalue weighted by molar-refractivity contribution is -0.274. The van der Waals surface area contributed by atoms with Crippen molar-refractivity contribution in [2.75, 3.05) is 5.32 Å². The van der Waals surface area contributed by atoms with Gasteiger partial charge in [0, 0.05) is 23.8 Å². The number of nitrogens with zero attached hydrogens (tertiary/aromatic N) is 2. The first kappa shape index (κ1) is 16.8. The molecule has 0 bridgehead atoms. The Morgan fingerprint density at radius 1 is 1.20 bits per heavy atom. The van der Waals surface area contributed by atoms with Crippen LogP contribution in [0.2, 0.25) is 0 Å². The molecule has 3 aromatic rings. The van der Waals surface area contributed by atoms with Gasteiger partial charge in [0.1, 0.15) is 11.4 Å². The normalized spacial score (nSPS) is 12.8. The number of benzene rings is 1. The predicted molar refractivity (Wildman–Crippen MR) is 85.4 cm³/mol. The van der Waals surface area contributed by atoms with Crippen LogP contribution in [-0.2, 0) is 4.79 Å². The van der Waals surface area contributed by atoms with Gasteiger partial charge in [-0.05, 0) is 43.3 Å². The molecule has 25 heavy (non-hydrogen) atoms. The minimum atomic E-state index is -4.75. The van der Waals surface area contributed by atoms with E-state index in [0.29, 0.717) is 5.69 Å². The number of ether oxygens (including phenoxy) is 1. The van der Waals surface area contributed by atoms with Crippen molar-refractivity contribution < 1.29 is 22.7 Å². The Morgan fingerprint density at radius 3 is 2.60 bits per heavy atom. The summed E-state index contributed by atoms with van der Waals surface area (Å²) in [6, 6.07) is 10.4. The number of alkyl halides is 3. The number of rotatable bonds is 4. The highest BCUT2D eigenvalue weighted by Crippen LogP contribution is 2.25. The maximum absolute atomic E-state index is 12.4. The molecule has 5 nitrogen and oxygen atoms in total. The number of fused-ring (bicyclic) bond motifs is 1. The highest BCUT2D eigenvalue weighted by Gasteiger charge is 2.31. The van der Waals surface area contributed by atoms with Gasteiger partial charge in [-0.1, -0.05) is 6.07 Å². The summed E-state index contributed by atoms with van der Waals surface area (Å²) in [7, 11) is 0. The van der Waals surface area contributed by atoms with Gasteiger partial charge >= 0.3 is 6.36 Å². The Hall–Kier alpha value is -3.03. The Balaban J connectivity index is 1.72. The van der Waals surface area contributed by atoms with Crippen LogP contribution < -0.4 is 10.1 Å². The Kier molecular flexibility index (Phi) is 4.35. The van der Waals surface area contributed by atoms with E-state index in [-0.39, 0.29) is 11.7 Å². The van der Waals surface area contributed by atoms with Gasteiger partial charge in [0.25, 0.3) is 0 Å². The number of carbonyl (C=O) groups is 1. The number of hydrogen-bond acceptors (Lipinski definition) is 3. The Labute approximate surface area is 141 Å². The van der Waals surface area contributed by atoms with Gasteiger partial charge in [0.2, 0.25) is 5.91 Å². The third-order valence-electron chi connectivity index (χ3n) is 3.65. The third-order valence-corrected chi connectivity index (χ3v) is 3.65. The van der Waals surface area contributed by atoms with Crippen LogP contribution in [-0.4, -0.2) is 21.7 Å². The van der Waals surface area contributed by atoms with Crippen molar-refractivity contribution >= 4 is 17.2 Å². The molecule has 0 radical (unpaired) electrons. The number of pyridine rings is 1. The van der Waals surface area contributed by atoms with E-state index < -0.39 is 12.3 Å². The fourth-order valence-electron chi connectivity index (χ4n) is 2.45. The number of carbonyl (C=O) groups excluding carboxylic acids is 1. The topological polar surface area (TPSA) is 55.6 Å². The summed E-state index contributed by atoms with van der Waals surface area (Å²) in [4.78, 5) is 16.6. The summed E-state index contributed by atoms with van der Waals surface area (Å²) >= 11 is 0. The number of aromatic nitrogens is 2. The fraction of sp³-hybridized carbons (Fsp3) is 0.176. The molecule has 1 unspecified atom stereocenters. The quantitative estimate of drug-likeness (QED) is 0.775. The van der Waals surface area contributed by atoms with Crippen LogP contribution in [0.25, 0.3) is 5.65 Å². The fourth-order valence-corrected chi connectivity index (χ4v) is 2.45. The molecule has 0 aliphatic rings. The van der Waals surface area contributed by atoms with Crippen molar-refractivity contribution in [3.8, 4) is 5.75 Å². The molecular formula is C17H14F3N3O2. The van der Waals surface area contributed by atoms with Gasteiger partial charge in [-0.3, -0.25) is 4.79 Å². The highest BCUT2D eigenvalue weighted by atomic mass is 19.4. The first-order chi connectivity index (χ1) is 11.8. The van der Waals surface area contributed by atoms with Crippen LogP contribution in [0.15, 0.2) is 54.9 Å². The van der Waals surface area contributed by atoms with E-state index in [4.69, 9.17) is 0 Å². The van der Waals surface area contributed by atoms with E-state index >= 15 is 0 Å². The van der Waals surface area contributed by atoms with Crippen molar-refractivity contribution in [1.82, 2.24) is 9.38 Å². The van der Waals surface area contributed by atoms with Gasteiger partial charge in [0.05, 0.1) is 5.92 Å². The zero-order chi connectivity index (χ0) is 18.0. The van der Waals surface area contributed by atoms with Crippen LogP contribution >= 0.6 is 0 Å². The van der Waals surface area contributed by atoms with Gasteiger partial charge in [-0.15, -0.1) is 13.2 Å². The molecule has 1 amide bonds. The van der Waals surface area contributed by atoms with E-state index in [1.165, 1.54) is 12.1 Å². The van der Waals surface area contributed by atoms with Gasteiger partial charge in [-0.25, -0.2) is 4.98 Å². The molecule has 0 saturated carbocycles. The smallest absolute Gasteiger partial charge is 0.406 e. The molecule has 8 heteroatoms. The van der Waals surface area contributed by atoms with E-state index in [2.05, 4.69) is 15.0 Å². The van der Waals surface area contributed by atoms with E-state index in [1.807, 2.05) is 22.6 Å². The standard InChI is InChI=1S/C17H14F3N3O2/c1-11(14-3-2-4-15-21-9-10-23(14)15)16(24)22-12-5-7-13(8-6-12)25-17(18,19)20/h2-11H,1H3,(H,22,24). The lowest BCUT2D eigenvalue weighted by Gasteiger charge is -2.15. The maximum Gasteiger partial charge on any atom is 0.573 e. The first-order valence-electron chi connectivity index (χ1n) is 7.42. The summed E-state index contributed by atoms with van der Waals surface area (Å²) in [5, 5.41) is 2.68. The first-order valence-corrected chi connectivity index (χ1v) is 7.42. The van der Waals surface area contributed by atoms with Crippen molar-refractivity contribution in [3.05, 3.63) is 60.6 Å². The minimum Gasteiger partial charge on any atom is -0.406 e. The van der Waals surface area contributed by atoms with E-state index in [9.17, 15) is 18.0 Å². The second-order valence-corrected chi connectivity index (χ2v) is 5.39. The molecule has 2 heterocycles. The second kappa shape index (κ2) is 6.46. The molecule has 2 aromatic heterocycles. The summed E-state index contributed by atoms with van der Waals surface area (Å²) in [5.74, 6) is -1.11. The number of imidazole rings is 1. The molecule has 1 atom stereocenters. The van der Waals surface area contributed by atoms with E-state index in [0.717, 1.165) is 23.5 Å². The van der Waals surface area contributed by atoms with Crippen molar-refractivity contribution in [2.24, 2.45) is 0 Å².